The van der Waals surface area contributed by atoms with E-state index < -0.39 is 16.1 Å². The molecule has 0 saturated carbocycles. The van der Waals surface area contributed by atoms with Gasteiger partial charge in [0.25, 0.3) is 0 Å². The Morgan fingerprint density at radius 2 is 2.05 bits per heavy atom. The summed E-state index contributed by atoms with van der Waals surface area (Å²) < 4.78 is 27.0. The Morgan fingerprint density at radius 3 is 2.70 bits per heavy atom. The Hall–Kier alpha value is -1.40. The second-order valence-corrected chi connectivity index (χ2v) is 6.96. The van der Waals surface area contributed by atoms with Crippen LogP contribution in [0.15, 0.2) is 23.1 Å². The van der Waals surface area contributed by atoms with E-state index >= 15 is 0 Å². The zero-order valence-corrected chi connectivity index (χ0v) is 12.8. The van der Waals surface area contributed by atoms with Crippen molar-refractivity contribution in [3.8, 4) is 0 Å². The van der Waals surface area contributed by atoms with E-state index in [1.54, 1.807) is 19.1 Å². The molecule has 20 heavy (non-hydrogen) atoms. The molecule has 0 aromatic heterocycles. The number of rotatable bonds is 3. The predicted molar refractivity (Wildman–Crippen MR) is 76.9 cm³/mol. The van der Waals surface area contributed by atoms with E-state index in [2.05, 4.69) is 5.32 Å². The van der Waals surface area contributed by atoms with E-state index in [0.29, 0.717) is 30.0 Å². The molecule has 0 aliphatic carbocycles. The number of sulfonamides is 1. The largest absolute Gasteiger partial charge is 0.353 e. The molecule has 0 spiro atoms. The minimum absolute atomic E-state index is 0.215. The summed E-state index contributed by atoms with van der Waals surface area (Å²) in [6.45, 7) is 6.14. The first-order valence-corrected chi connectivity index (χ1v) is 8.18. The predicted octanol–water partition coefficient (Wildman–Crippen LogP) is 1.20. The first kappa shape index (κ1) is 15.0. The summed E-state index contributed by atoms with van der Waals surface area (Å²) in [6, 6.07) is 4.74. The van der Waals surface area contributed by atoms with Crippen LogP contribution in [0, 0.1) is 13.8 Å². The lowest BCUT2D eigenvalue weighted by atomic mass is 10.2. The van der Waals surface area contributed by atoms with E-state index in [-0.39, 0.29) is 5.91 Å². The summed E-state index contributed by atoms with van der Waals surface area (Å²) in [7, 11) is -3.64. The first-order chi connectivity index (χ1) is 9.37. The van der Waals surface area contributed by atoms with Crippen molar-refractivity contribution in [1.29, 1.82) is 0 Å². The SMILES string of the molecule is CCC1C(=O)NCCN1S(=O)(=O)c1cc(C)ccc1C. The Morgan fingerprint density at radius 1 is 1.35 bits per heavy atom. The zero-order chi connectivity index (χ0) is 14.9. The monoisotopic (exact) mass is 296 g/mol. The molecule has 1 aromatic rings. The maximum Gasteiger partial charge on any atom is 0.244 e. The first-order valence-electron chi connectivity index (χ1n) is 6.74. The van der Waals surface area contributed by atoms with Gasteiger partial charge in [0, 0.05) is 13.1 Å². The highest BCUT2D eigenvalue weighted by Gasteiger charge is 2.37. The van der Waals surface area contributed by atoms with Crippen molar-refractivity contribution in [2.75, 3.05) is 13.1 Å². The smallest absolute Gasteiger partial charge is 0.244 e. The minimum atomic E-state index is -3.64. The molecule has 1 fully saturated rings. The van der Waals surface area contributed by atoms with Crippen LogP contribution >= 0.6 is 0 Å². The van der Waals surface area contributed by atoms with Gasteiger partial charge < -0.3 is 5.32 Å². The van der Waals surface area contributed by atoms with Gasteiger partial charge in [-0.05, 0) is 37.5 Å². The van der Waals surface area contributed by atoms with Gasteiger partial charge >= 0.3 is 0 Å². The third-order valence-corrected chi connectivity index (χ3v) is 5.65. The molecule has 1 aliphatic heterocycles. The highest BCUT2D eigenvalue weighted by molar-refractivity contribution is 7.89. The molecule has 1 aromatic carbocycles. The maximum atomic E-state index is 12.8. The van der Waals surface area contributed by atoms with Crippen LogP contribution < -0.4 is 5.32 Å². The van der Waals surface area contributed by atoms with Gasteiger partial charge in [-0.3, -0.25) is 4.79 Å². The van der Waals surface area contributed by atoms with E-state index in [1.807, 2.05) is 19.9 Å². The second kappa shape index (κ2) is 5.54. The van der Waals surface area contributed by atoms with E-state index in [1.165, 1.54) is 4.31 Å². The summed E-state index contributed by atoms with van der Waals surface area (Å²) in [5, 5.41) is 2.72. The maximum absolute atomic E-state index is 12.8. The van der Waals surface area contributed by atoms with Gasteiger partial charge in [-0.15, -0.1) is 0 Å². The van der Waals surface area contributed by atoms with E-state index in [9.17, 15) is 13.2 Å². The molecule has 0 radical (unpaired) electrons. The van der Waals surface area contributed by atoms with Crippen molar-refractivity contribution in [2.24, 2.45) is 0 Å². The van der Waals surface area contributed by atoms with Crippen LogP contribution in [0.25, 0.3) is 0 Å². The Bertz CT molecular complexity index is 625. The summed E-state index contributed by atoms with van der Waals surface area (Å²) in [6.07, 6.45) is 0.468. The Balaban J connectivity index is 2.48. The number of nitrogens with zero attached hydrogens (tertiary/aromatic N) is 1. The number of carbonyl (C=O) groups excluding carboxylic acids is 1. The van der Waals surface area contributed by atoms with Crippen LogP contribution in [0.3, 0.4) is 0 Å². The average molecular weight is 296 g/mol. The normalized spacial score (nSPS) is 20.8. The van der Waals surface area contributed by atoms with Crippen molar-refractivity contribution >= 4 is 15.9 Å². The number of aryl methyl sites for hydroxylation is 2. The summed E-state index contributed by atoms with van der Waals surface area (Å²) in [5.41, 5.74) is 1.60. The quantitative estimate of drug-likeness (QED) is 0.911. The summed E-state index contributed by atoms with van der Waals surface area (Å²) in [5.74, 6) is -0.215. The highest BCUT2D eigenvalue weighted by atomic mass is 32.2. The average Bonchev–Trinajstić information content (AvgIpc) is 2.41. The van der Waals surface area contributed by atoms with Gasteiger partial charge in [-0.25, -0.2) is 8.42 Å². The molecule has 1 heterocycles. The van der Waals surface area contributed by atoms with Crippen LogP contribution in [-0.4, -0.2) is 37.8 Å². The van der Waals surface area contributed by atoms with Crippen molar-refractivity contribution in [3.63, 3.8) is 0 Å². The van der Waals surface area contributed by atoms with Crippen LogP contribution in [0.1, 0.15) is 24.5 Å². The molecule has 1 atom stereocenters. The van der Waals surface area contributed by atoms with Gasteiger partial charge in [-0.2, -0.15) is 4.31 Å². The summed E-state index contributed by atoms with van der Waals surface area (Å²) in [4.78, 5) is 12.1. The van der Waals surface area contributed by atoms with Gasteiger partial charge in [0.15, 0.2) is 0 Å². The molecule has 1 aliphatic rings. The third-order valence-electron chi connectivity index (χ3n) is 3.60. The third kappa shape index (κ3) is 2.58. The lowest BCUT2D eigenvalue weighted by Crippen LogP contribution is -2.56. The number of carbonyl (C=O) groups is 1. The number of hydrogen-bond donors (Lipinski definition) is 1. The number of piperazine rings is 1. The molecule has 0 bridgehead atoms. The molecular weight excluding hydrogens is 276 g/mol. The van der Waals surface area contributed by atoms with Crippen LogP contribution in [0.5, 0.6) is 0 Å². The molecule has 5 nitrogen and oxygen atoms in total. The number of hydrogen-bond acceptors (Lipinski definition) is 3. The molecule has 1 N–H and O–H groups in total. The van der Waals surface area contributed by atoms with Gasteiger partial charge in [-0.1, -0.05) is 19.1 Å². The van der Waals surface area contributed by atoms with Crippen LogP contribution in [-0.2, 0) is 14.8 Å². The molecule has 1 saturated heterocycles. The topological polar surface area (TPSA) is 66.5 Å². The molecule has 1 amide bonds. The van der Waals surface area contributed by atoms with Crippen molar-refractivity contribution in [1.82, 2.24) is 9.62 Å². The fourth-order valence-corrected chi connectivity index (χ4v) is 4.46. The van der Waals surface area contributed by atoms with Gasteiger partial charge in [0.1, 0.15) is 6.04 Å². The lowest BCUT2D eigenvalue weighted by Gasteiger charge is -2.33. The lowest BCUT2D eigenvalue weighted by molar-refractivity contribution is -0.126. The number of amides is 1. The second-order valence-electron chi connectivity index (χ2n) is 5.10. The Labute approximate surface area is 120 Å². The van der Waals surface area contributed by atoms with Crippen molar-refractivity contribution < 1.29 is 13.2 Å². The van der Waals surface area contributed by atoms with Crippen molar-refractivity contribution in [3.05, 3.63) is 29.3 Å². The minimum Gasteiger partial charge on any atom is -0.353 e. The standard InChI is InChI=1S/C14H20N2O3S/c1-4-12-14(17)15-7-8-16(12)20(18,19)13-9-10(2)5-6-11(13)3/h5-6,9,12H,4,7-8H2,1-3H3,(H,15,17). The van der Waals surface area contributed by atoms with E-state index in [0.717, 1.165) is 5.56 Å². The van der Waals surface area contributed by atoms with Crippen molar-refractivity contribution in [2.45, 2.75) is 38.1 Å². The fourth-order valence-electron chi connectivity index (χ4n) is 2.48. The molecule has 110 valence electrons. The number of benzene rings is 1. The van der Waals surface area contributed by atoms with E-state index in [4.69, 9.17) is 0 Å². The van der Waals surface area contributed by atoms with Crippen LogP contribution in [0.2, 0.25) is 0 Å². The fraction of sp³-hybridized carbons (Fsp3) is 0.500. The number of nitrogens with one attached hydrogen (secondary N) is 1. The molecular formula is C14H20N2O3S. The molecule has 1 unspecified atom stereocenters. The highest BCUT2D eigenvalue weighted by Crippen LogP contribution is 2.24. The van der Waals surface area contributed by atoms with Crippen LogP contribution in [0.4, 0.5) is 0 Å². The molecule has 6 heteroatoms. The van der Waals surface area contributed by atoms with Gasteiger partial charge in [0.05, 0.1) is 4.90 Å². The zero-order valence-electron chi connectivity index (χ0n) is 12.0. The van der Waals surface area contributed by atoms with Gasteiger partial charge in [0.2, 0.25) is 15.9 Å². The Kier molecular flexibility index (Phi) is 4.15. The molecule has 2 rings (SSSR count). The summed E-state index contributed by atoms with van der Waals surface area (Å²) >= 11 is 0.